The van der Waals surface area contributed by atoms with E-state index in [-0.39, 0.29) is 0 Å². The number of hydrogen-bond donors (Lipinski definition) is 1. The summed E-state index contributed by atoms with van der Waals surface area (Å²) in [5.41, 5.74) is 6.26. The summed E-state index contributed by atoms with van der Waals surface area (Å²) in [4.78, 5) is 0.310. The quantitative estimate of drug-likeness (QED) is 0.764. The summed E-state index contributed by atoms with van der Waals surface area (Å²) in [5.74, 6) is 1.84. The first-order valence-electron chi connectivity index (χ1n) is 4.50. The number of hydrogen-bond acceptors (Lipinski definition) is 4. The molecule has 0 atom stereocenters. The second-order valence-corrected chi connectivity index (χ2v) is 3.51. The summed E-state index contributed by atoms with van der Waals surface area (Å²) in [6.07, 6.45) is 0. The fraction of sp³-hybridized carbons (Fsp3) is 0.300. The topological polar surface area (TPSA) is 53.7 Å². The molecule has 5 heteroatoms. The third kappa shape index (κ3) is 1.83. The van der Waals surface area contributed by atoms with Crippen LogP contribution in [0.4, 0.5) is 0 Å². The minimum absolute atomic E-state index is 0.310. The predicted molar refractivity (Wildman–Crippen MR) is 59.9 cm³/mol. The smallest absolute Gasteiger partial charge is 0.203 e. The Morgan fingerprint density at radius 3 is 2.80 bits per heavy atom. The Morgan fingerprint density at radius 2 is 2.13 bits per heavy atom. The molecule has 0 saturated heterocycles. The van der Waals surface area contributed by atoms with E-state index in [2.05, 4.69) is 0 Å². The van der Waals surface area contributed by atoms with Crippen LogP contribution >= 0.6 is 12.2 Å². The highest BCUT2D eigenvalue weighted by atomic mass is 32.1. The average molecular weight is 225 g/mol. The van der Waals surface area contributed by atoms with E-state index >= 15 is 0 Å². The SMILES string of the molecule is COc1cc(C(N)=S)cc2c1OCCO2. The fourth-order valence-corrected chi connectivity index (χ4v) is 1.53. The van der Waals surface area contributed by atoms with E-state index in [1.165, 1.54) is 0 Å². The Labute approximate surface area is 92.9 Å². The molecule has 0 radical (unpaired) electrons. The molecule has 2 rings (SSSR count). The van der Waals surface area contributed by atoms with Crippen molar-refractivity contribution < 1.29 is 14.2 Å². The van der Waals surface area contributed by atoms with E-state index in [4.69, 9.17) is 32.2 Å². The van der Waals surface area contributed by atoms with Crippen LogP contribution in [0.1, 0.15) is 5.56 Å². The highest BCUT2D eigenvalue weighted by molar-refractivity contribution is 7.80. The number of fused-ring (bicyclic) bond motifs is 1. The zero-order valence-electron chi connectivity index (χ0n) is 8.28. The zero-order chi connectivity index (χ0) is 10.8. The largest absolute Gasteiger partial charge is 0.493 e. The van der Waals surface area contributed by atoms with Gasteiger partial charge in [-0.25, -0.2) is 0 Å². The van der Waals surface area contributed by atoms with Crippen molar-refractivity contribution in [3.8, 4) is 17.2 Å². The van der Waals surface area contributed by atoms with Gasteiger partial charge in [-0.1, -0.05) is 12.2 Å². The van der Waals surface area contributed by atoms with Gasteiger partial charge in [0.25, 0.3) is 0 Å². The lowest BCUT2D eigenvalue weighted by Gasteiger charge is -2.21. The number of nitrogens with two attached hydrogens (primary N) is 1. The molecule has 1 heterocycles. The summed E-state index contributed by atoms with van der Waals surface area (Å²) >= 11 is 4.90. The van der Waals surface area contributed by atoms with E-state index in [1.54, 1.807) is 19.2 Å². The number of thiocarbonyl (C=S) groups is 1. The maximum atomic E-state index is 5.55. The van der Waals surface area contributed by atoms with E-state index < -0.39 is 0 Å². The van der Waals surface area contributed by atoms with Crippen LogP contribution < -0.4 is 19.9 Å². The molecule has 2 N–H and O–H groups in total. The Balaban J connectivity index is 2.52. The number of ether oxygens (including phenoxy) is 3. The minimum Gasteiger partial charge on any atom is -0.493 e. The summed E-state index contributed by atoms with van der Waals surface area (Å²) in [6, 6.07) is 3.51. The molecule has 1 aliphatic rings. The van der Waals surface area contributed by atoms with Crippen LogP contribution in [-0.4, -0.2) is 25.3 Å². The van der Waals surface area contributed by atoms with Gasteiger partial charge in [0, 0.05) is 5.56 Å². The highest BCUT2D eigenvalue weighted by Crippen LogP contribution is 2.40. The summed E-state index contributed by atoms with van der Waals surface area (Å²) < 4.78 is 16.1. The Kier molecular flexibility index (Phi) is 2.64. The molecule has 0 fully saturated rings. The molecular formula is C10H11NO3S. The standard InChI is InChI=1S/C10H11NO3S/c1-12-7-4-6(10(11)15)5-8-9(7)14-3-2-13-8/h4-5H,2-3H2,1H3,(H2,11,15). The molecule has 4 nitrogen and oxygen atoms in total. The van der Waals surface area contributed by atoms with Crippen molar-refractivity contribution in [2.24, 2.45) is 5.73 Å². The van der Waals surface area contributed by atoms with Crippen LogP contribution in [0.3, 0.4) is 0 Å². The molecule has 0 bridgehead atoms. The summed E-state index contributed by atoms with van der Waals surface area (Å²) in [6.45, 7) is 1.05. The molecule has 1 aromatic carbocycles. The van der Waals surface area contributed by atoms with Gasteiger partial charge in [0.1, 0.15) is 18.2 Å². The van der Waals surface area contributed by atoms with Crippen molar-refractivity contribution in [1.82, 2.24) is 0 Å². The molecule has 0 aromatic heterocycles. The van der Waals surface area contributed by atoms with Crippen molar-refractivity contribution in [3.05, 3.63) is 17.7 Å². The normalized spacial score (nSPS) is 13.4. The Morgan fingerprint density at radius 1 is 1.40 bits per heavy atom. The van der Waals surface area contributed by atoms with Crippen molar-refractivity contribution in [1.29, 1.82) is 0 Å². The molecule has 1 aromatic rings. The number of rotatable bonds is 2. The molecule has 0 spiro atoms. The summed E-state index contributed by atoms with van der Waals surface area (Å²) in [5, 5.41) is 0. The molecule has 0 aliphatic carbocycles. The lowest BCUT2D eigenvalue weighted by Crippen LogP contribution is -2.17. The van der Waals surface area contributed by atoms with Crippen LogP contribution in [0.5, 0.6) is 17.2 Å². The molecule has 0 saturated carbocycles. The maximum Gasteiger partial charge on any atom is 0.203 e. The van der Waals surface area contributed by atoms with Gasteiger partial charge in [-0.2, -0.15) is 0 Å². The molecule has 15 heavy (non-hydrogen) atoms. The van der Waals surface area contributed by atoms with Crippen molar-refractivity contribution >= 4 is 17.2 Å². The van der Waals surface area contributed by atoms with Gasteiger partial charge in [-0.3, -0.25) is 0 Å². The fourth-order valence-electron chi connectivity index (χ4n) is 1.42. The van der Waals surface area contributed by atoms with Gasteiger partial charge in [0.15, 0.2) is 11.5 Å². The lowest BCUT2D eigenvalue weighted by molar-refractivity contribution is 0.165. The maximum absolute atomic E-state index is 5.55. The van der Waals surface area contributed by atoms with Gasteiger partial charge in [-0.15, -0.1) is 0 Å². The van der Waals surface area contributed by atoms with Crippen LogP contribution in [0.25, 0.3) is 0 Å². The first-order chi connectivity index (χ1) is 7.22. The first-order valence-corrected chi connectivity index (χ1v) is 4.90. The van der Waals surface area contributed by atoms with Gasteiger partial charge in [-0.05, 0) is 12.1 Å². The molecular weight excluding hydrogens is 214 g/mol. The minimum atomic E-state index is 0.310. The van der Waals surface area contributed by atoms with Gasteiger partial charge < -0.3 is 19.9 Å². The van der Waals surface area contributed by atoms with Gasteiger partial charge >= 0.3 is 0 Å². The summed E-state index contributed by atoms with van der Waals surface area (Å²) in [7, 11) is 1.57. The van der Waals surface area contributed by atoms with E-state index in [9.17, 15) is 0 Å². The monoisotopic (exact) mass is 225 g/mol. The second-order valence-electron chi connectivity index (χ2n) is 3.07. The van der Waals surface area contributed by atoms with E-state index in [1.807, 2.05) is 0 Å². The van der Waals surface area contributed by atoms with Crippen molar-refractivity contribution in [3.63, 3.8) is 0 Å². The molecule has 0 unspecified atom stereocenters. The highest BCUT2D eigenvalue weighted by Gasteiger charge is 2.18. The Hall–Kier alpha value is -1.49. The third-order valence-corrected chi connectivity index (χ3v) is 2.35. The molecule has 0 amide bonds. The van der Waals surface area contributed by atoms with E-state index in [0.717, 1.165) is 0 Å². The van der Waals surface area contributed by atoms with Gasteiger partial charge in [0.05, 0.1) is 7.11 Å². The number of methoxy groups -OCH3 is 1. The predicted octanol–water partition coefficient (Wildman–Crippen LogP) is 1.10. The molecule has 80 valence electrons. The zero-order valence-corrected chi connectivity index (χ0v) is 9.10. The Bertz CT molecular complexity index is 389. The average Bonchev–Trinajstić information content (AvgIpc) is 2.27. The van der Waals surface area contributed by atoms with Crippen LogP contribution in [-0.2, 0) is 0 Å². The second kappa shape index (κ2) is 3.94. The molecule has 1 aliphatic heterocycles. The van der Waals surface area contributed by atoms with Crippen LogP contribution in [0.2, 0.25) is 0 Å². The van der Waals surface area contributed by atoms with Crippen molar-refractivity contribution in [2.45, 2.75) is 0 Å². The van der Waals surface area contributed by atoms with E-state index in [0.29, 0.717) is 41.0 Å². The van der Waals surface area contributed by atoms with Crippen molar-refractivity contribution in [2.75, 3.05) is 20.3 Å². The number of benzene rings is 1. The van der Waals surface area contributed by atoms with Gasteiger partial charge in [0.2, 0.25) is 5.75 Å². The van der Waals surface area contributed by atoms with Crippen LogP contribution in [0.15, 0.2) is 12.1 Å². The van der Waals surface area contributed by atoms with Crippen LogP contribution in [0, 0.1) is 0 Å². The first kappa shape index (κ1) is 10.0. The lowest BCUT2D eigenvalue weighted by atomic mass is 10.1. The third-order valence-electron chi connectivity index (χ3n) is 2.11.